The molecule has 8 nitrogen and oxygen atoms in total. The van der Waals surface area contributed by atoms with Gasteiger partial charge >= 0.3 is 0 Å². The van der Waals surface area contributed by atoms with Crippen LogP contribution in [0.25, 0.3) is 0 Å². The second kappa shape index (κ2) is 9.26. The summed E-state index contributed by atoms with van der Waals surface area (Å²) in [5, 5.41) is 10.9. The second-order valence-corrected chi connectivity index (χ2v) is 13.2. The third-order valence-electron chi connectivity index (χ3n) is 8.12. The number of likely N-dealkylation sites (tertiary alicyclic amines) is 2. The first-order chi connectivity index (χ1) is 17.1. The maximum atomic E-state index is 13.9. The number of halogens is 2. The molecule has 5 rings (SSSR count). The van der Waals surface area contributed by atoms with E-state index in [0.29, 0.717) is 12.8 Å². The lowest BCUT2D eigenvalue weighted by Gasteiger charge is -2.37. The van der Waals surface area contributed by atoms with Gasteiger partial charge in [-0.15, -0.1) is 0 Å². The average molecular weight is 537 g/mol. The molecule has 2 amide bonds. The molecule has 4 fully saturated rings. The molecule has 2 saturated heterocycles. The number of nitrogens with one attached hydrogen (secondary N) is 1. The highest BCUT2D eigenvalue weighted by Gasteiger charge is 2.58. The third kappa shape index (κ3) is 4.61. The summed E-state index contributed by atoms with van der Waals surface area (Å²) in [5.41, 5.74) is -1.46. The predicted octanol–water partition coefficient (Wildman–Crippen LogP) is 2.80. The number of rotatable bonds is 7. The normalized spacial score (nSPS) is 26.8. The van der Waals surface area contributed by atoms with Crippen LogP contribution in [0.1, 0.15) is 57.8 Å². The largest absolute Gasteiger partial charge is 0.338 e. The van der Waals surface area contributed by atoms with Gasteiger partial charge in [0.25, 0.3) is 0 Å². The summed E-state index contributed by atoms with van der Waals surface area (Å²) >= 11 is 6.09. The minimum atomic E-state index is -3.99. The Morgan fingerprint density at radius 3 is 2.44 bits per heavy atom. The lowest BCUT2D eigenvalue weighted by atomic mass is 10.0. The van der Waals surface area contributed by atoms with Crippen molar-refractivity contribution in [1.29, 1.82) is 5.26 Å². The van der Waals surface area contributed by atoms with Gasteiger partial charge < -0.3 is 10.2 Å². The summed E-state index contributed by atoms with van der Waals surface area (Å²) in [7, 11) is -3.99. The standard InChI is InChI=1S/C25H30ClFN4O4S/c26-20-12-17(27)4-5-21(20)36(34,35)19-13-18(14-22(32)29-24(16-28)6-7-24)31(15-19)23(33)25(8-9-25)30-10-2-1-3-11-30/h4-5,12,18-19H,1-3,6-11,13-15H2,(H,29,32)/t18-,19-/m1/s1. The number of nitrogens with zero attached hydrogens (tertiary/aromatic N) is 3. The van der Waals surface area contributed by atoms with Crippen molar-refractivity contribution in [1.82, 2.24) is 15.1 Å². The lowest BCUT2D eigenvalue weighted by molar-refractivity contribution is -0.140. The van der Waals surface area contributed by atoms with Gasteiger partial charge in [-0.3, -0.25) is 14.5 Å². The zero-order valence-electron chi connectivity index (χ0n) is 20.0. The van der Waals surface area contributed by atoms with Crippen molar-refractivity contribution in [3.63, 3.8) is 0 Å². The van der Waals surface area contributed by atoms with E-state index in [-0.39, 0.29) is 41.1 Å². The summed E-state index contributed by atoms with van der Waals surface area (Å²) < 4.78 is 40.6. The minimum Gasteiger partial charge on any atom is -0.338 e. The molecule has 0 aromatic heterocycles. The molecule has 1 N–H and O–H groups in total. The van der Waals surface area contributed by atoms with Crippen LogP contribution in [-0.4, -0.2) is 72.0 Å². The maximum absolute atomic E-state index is 13.9. The predicted molar refractivity (Wildman–Crippen MR) is 130 cm³/mol. The van der Waals surface area contributed by atoms with E-state index in [4.69, 9.17) is 11.6 Å². The molecule has 2 saturated carbocycles. The molecule has 0 spiro atoms. The number of nitriles is 1. The molecule has 0 radical (unpaired) electrons. The smallest absolute Gasteiger partial charge is 0.243 e. The first-order valence-corrected chi connectivity index (χ1v) is 14.5. The molecule has 0 bridgehead atoms. The fraction of sp³-hybridized carbons (Fsp3) is 0.640. The Balaban J connectivity index is 1.40. The van der Waals surface area contributed by atoms with E-state index >= 15 is 0 Å². The van der Waals surface area contributed by atoms with Crippen LogP contribution in [0.4, 0.5) is 4.39 Å². The average Bonchev–Trinajstić information content (AvgIpc) is 3.77. The molecule has 2 atom stereocenters. The fourth-order valence-electron chi connectivity index (χ4n) is 5.72. The number of hydrogen-bond acceptors (Lipinski definition) is 6. The van der Waals surface area contributed by atoms with E-state index in [9.17, 15) is 27.7 Å². The van der Waals surface area contributed by atoms with Gasteiger partial charge in [0, 0.05) is 19.0 Å². The van der Waals surface area contributed by atoms with Crippen LogP contribution in [0, 0.1) is 17.1 Å². The molecule has 4 aliphatic rings. The summed E-state index contributed by atoms with van der Waals surface area (Å²) in [6.45, 7) is 1.62. The Bertz CT molecular complexity index is 1220. The van der Waals surface area contributed by atoms with Gasteiger partial charge in [0.15, 0.2) is 9.84 Å². The highest BCUT2D eigenvalue weighted by Crippen LogP contribution is 2.46. The van der Waals surface area contributed by atoms with Gasteiger partial charge in [-0.1, -0.05) is 18.0 Å². The third-order valence-corrected chi connectivity index (χ3v) is 10.7. The molecule has 1 aromatic carbocycles. The zero-order valence-corrected chi connectivity index (χ0v) is 21.6. The van der Waals surface area contributed by atoms with Crippen molar-refractivity contribution in [3.8, 4) is 6.07 Å². The van der Waals surface area contributed by atoms with Crippen LogP contribution in [-0.2, 0) is 19.4 Å². The van der Waals surface area contributed by atoms with Gasteiger partial charge in [-0.05, 0) is 76.2 Å². The highest BCUT2D eigenvalue weighted by molar-refractivity contribution is 7.92. The topological polar surface area (TPSA) is 111 Å². The van der Waals surface area contributed by atoms with E-state index in [1.165, 1.54) is 0 Å². The van der Waals surface area contributed by atoms with Crippen LogP contribution < -0.4 is 5.32 Å². The Hall–Kier alpha value is -2.22. The number of sulfone groups is 1. The molecule has 2 heterocycles. The van der Waals surface area contributed by atoms with Crippen molar-refractivity contribution in [2.75, 3.05) is 19.6 Å². The maximum Gasteiger partial charge on any atom is 0.243 e. The number of piperidine rings is 1. The molecular formula is C25H30ClFN4O4S. The zero-order chi connectivity index (χ0) is 25.7. The first-order valence-electron chi connectivity index (χ1n) is 12.6. The van der Waals surface area contributed by atoms with Crippen molar-refractivity contribution >= 4 is 33.3 Å². The van der Waals surface area contributed by atoms with E-state index in [1.807, 2.05) is 0 Å². The number of hydrogen-bond donors (Lipinski definition) is 1. The van der Waals surface area contributed by atoms with Crippen molar-refractivity contribution in [2.24, 2.45) is 0 Å². The lowest BCUT2D eigenvalue weighted by Crippen LogP contribution is -2.54. The van der Waals surface area contributed by atoms with Gasteiger partial charge in [0.05, 0.1) is 21.2 Å². The summed E-state index contributed by atoms with van der Waals surface area (Å²) in [4.78, 5) is 30.4. The quantitative estimate of drug-likeness (QED) is 0.536. The van der Waals surface area contributed by atoms with E-state index in [0.717, 1.165) is 63.4 Å². The molecule has 36 heavy (non-hydrogen) atoms. The molecular weight excluding hydrogens is 507 g/mol. The number of benzene rings is 1. The second-order valence-electron chi connectivity index (χ2n) is 10.6. The van der Waals surface area contributed by atoms with Gasteiger partial charge in [-0.25, -0.2) is 12.8 Å². The van der Waals surface area contributed by atoms with Crippen molar-refractivity contribution < 1.29 is 22.4 Å². The molecule has 1 aromatic rings. The van der Waals surface area contributed by atoms with Gasteiger partial charge in [-0.2, -0.15) is 5.26 Å². The number of carbonyl (C=O) groups excluding carboxylic acids is 2. The Morgan fingerprint density at radius 2 is 1.86 bits per heavy atom. The summed E-state index contributed by atoms with van der Waals surface area (Å²) in [5.74, 6) is -1.12. The van der Waals surface area contributed by atoms with Crippen LogP contribution in [0.2, 0.25) is 5.02 Å². The Morgan fingerprint density at radius 1 is 1.17 bits per heavy atom. The van der Waals surface area contributed by atoms with E-state index in [1.54, 1.807) is 4.90 Å². The fourth-order valence-corrected chi connectivity index (χ4v) is 7.99. The molecule has 2 aliphatic heterocycles. The Kier molecular flexibility index (Phi) is 6.54. The van der Waals surface area contributed by atoms with Crippen LogP contribution in [0.5, 0.6) is 0 Å². The Labute approximate surface area is 215 Å². The number of amides is 2. The van der Waals surface area contributed by atoms with Gasteiger partial charge in [0.1, 0.15) is 16.9 Å². The molecule has 194 valence electrons. The molecule has 0 unspecified atom stereocenters. The van der Waals surface area contributed by atoms with Crippen molar-refractivity contribution in [2.45, 2.75) is 85.1 Å². The first kappa shape index (κ1) is 25.4. The van der Waals surface area contributed by atoms with Crippen LogP contribution in [0.3, 0.4) is 0 Å². The summed E-state index contributed by atoms with van der Waals surface area (Å²) in [6, 6.07) is 4.67. The van der Waals surface area contributed by atoms with E-state index in [2.05, 4.69) is 16.3 Å². The van der Waals surface area contributed by atoms with Crippen LogP contribution in [0.15, 0.2) is 23.1 Å². The van der Waals surface area contributed by atoms with E-state index < -0.39 is 38.0 Å². The van der Waals surface area contributed by atoms with Crippen molar-refractivity contribution in [3.05, 3.63) is 29.0 Å². The monoisotopic (exact) mass is 536 g/mol. The molecule has 2 aliphatic carbocycles. The molecule has 11 heteroatoms. The minimum absolute atomic E-state index is 0.0498. The number of carbonyl (C=O) groups is 2. The SMILES string of the molecule is N#CC1(NC(=O)C[C@H]2C[C@@H](S(=O)(=O)c3ccc(F)cc3Cl)CN2C(=O)C2(N3CCCCC3)CC2)CC1. The highest BCUT2D eigenvalue weighted by atomic mass is 35.5. The summed E-state index contributed by atoms with van der Waals surface area (Å²) in [6.07, 6.45) is 5.79. The van der Waals surface area contributed by atoms with Gasteiger partial charge in [0.2, 0.25) is 11.8 Å². The van der Waals surface area contributed by atoms with Crippen LogP contribution >= 0.6 is 11.6 Å².